The summed E-state index contributed by atoms with van der Waals surface area (Å²) in [6.07, 6.45) is -4.51. The van der Waals surface area contributed by atoms with Crippen molar-refractivity contribution in [1.29, 1.82) is 0 Å². The Labute approximate surface area is 208 Å². The first-order valence-corrected chi connectivity index (χ1v) is 11.1. The van der Waals surface area contributed by atoms with Gasteiger partial charge in [-0.3, -0.25) is 14.7 Å². The minimum absolute atomic E-state index is 0.0708. The zero-order valence-corrected chi connectivity index (χ0v) is 19.7. The third kappa shape index (κ3) is 4.78. The molecule has 1 unspecified atom stereocenters. The predicted molar refractivity (Wildman–Crippen MR) is 125 cm³/mol. The lowest BCUT2D eigenvalue weighted by molar-refractivity contribution is -0.250. The number of carbonyl (C=O) groups excluding carboxylic acids is 2. The number of pyridine rings is 1. The molecule has 0 radical (unpaired) electrons. The third-order valence-electron chi connectivity index (χ3n) is 5.63. The van der Waals surface area contributed by atoms with Crippen LogP contribution >= 0.6 is 23.2 Å². The maximum atomic E-state index is 14.2. The molecular formula is C24H18Cl2F3N3O3. The third-order valence-corrected chi connectivity index (χ3v) is 6.37. The molecular weight excluding hydrogens is 506 g/mol. The van der Waals surface area contributed by atoms with E-state index in [9.17, 15) is 22.8 Å². The summed E-state index contributed by atoms with van der Waals surface area (Å²) in [5.74, 6) is -0.385. The first-order chi connectivity index (χ1) is 16.5. The van der Waals surface area contributed by atoms with Crippen LogP contribution in [0.3, 0.4) is 0 Å². The zero-order valence-electron chi connectivity index (χ0n) is 18.2. The molecule has 2 amide bonds. The van der Waals surface area contributed by atoms with Gasteiger partial charge in [-0.25, -0.2) is 4.79 Å². The number of benzene rings is 2. The summed E-state index contributed by atoms with van der Waals surface area (Å²) < 4.78 is 47.6. The van der Waals surface area contributed by atoms with Gasteiger partial charge in [0.25, 0.3) is 11.5 Å². The Hall–Kier alpha value is -3.30. The molecule has 182 valence electrons. The molecule has 6 nitrogen and oxygen atoms in total. The van der Waals surface area contributed by atoms with E-state index in [1.807, 2.05) is 0 Å². The summed E-state index contributed by atoms with van der Waals surface area (Å²) in [6.45, 7) is 0.992. The van der Waals surface area contributed by atoms with Crippen molar-refractivity contribution in [3.05, 3.63) is 93.2 Å². The number of hydrogen-bond donors (Lipinski definition) is 1. The Morgan fingerprint density at radius 2 is 1.91 bits per heavy atom. The first kappa shape index (κ1) is 24.8. The highest BCUT2D eigenvalue weighted by molar-refractivity contribution is 6.42. The van der Waals surface area contributed by atoms with E-state index >= 15 is 0 Å². The Bertz CT molecular complexity index is 1290. The maximum Gasteiger partial charge on any atom is 0.434 e. The maximum absolute atomic E-state index is 14.2. The van der Waals surface area contributed by atoms with Gasteiger partial charge >= 0.3 is 12.3 Å². The van der Waals surface area contributed by atoms with E-state index in [0.29, 0.717) is 16.8 Å². The Balaban J connectivity index is 1.59. The van der Waals surface area contributed by atoms with Crippen LogP contribution in [0.1, 0.15) is 27.2 Å². The molecule has 3 aromatic rings. The fourth-order valence-electron chi connectivity index (χ4n) is 3.77. The number of nitrogens with zero attached hydrogens (tertiary/aromatic N) is 2. The summed E-state index contributed by atoms with van der Waals surface area (Å²) >= 11 is 11.8. The van der Waals surface area contributed by atoms with Crippen LogP contribution in [0.2, 0.25) is 10.0 Å². The van der Waals surface area contributed by atoms with Crippen molar-refractivity contribution < 1.29 is 27.5 Å². The van der Waals surface area contributed by atoms with Crippen molar-refractivity contribution in [2.75, 3.05) is 11.4 Å². The minimum Gasteiger partial charge on any atom is -0.426 e. The highest BCUT2D eigenvalue weighted by Gasteiger charge is 2.65. The molecule has 1 atom stereocenters. The Kier molecular flexibility index (Phi) is 6.66. The quantitative estimate of drug-likeness (QED) is 0.442. The number of hydrogen-bond acceptors (Lipinski definition) is 4. The monoisotopic (exact) mass is 523 g/mol. The van der Waals surface area contributed by atoms with Crippen molar-refractivity contribution in [3.8, 4) is 0 Å². The second-order valence-corrected chi connectivity index (χ2v) is 8.73. The van der Waals surface area contributed by atoms with Gasteiger partial charge in [0, 0.05) is 23.0 Å². The van der Waals surface area contributed by atoms with Gasteiger partial charge in [0.15, 0.2) is 0 Å². The summed E-state index contributed by atoms with van der Waals surface area (Å²) in [7, 11) is 0. The fourth-order valence-corrected chi connectivity index (χ4v) is 4.07. The second-order valence-electron chi connectivity index (χ2n) is 7.91. The normalized spacial score (nSPS) is 17.9. The van der Waals surface area contributed by atoms with Crippen molar-refractivity contribution in [2.24, 2.45) is 0 Å². The van der Waals surface area contributed by atoms with Gasteiger partial charge in [0.05, 0.1) is 28.8 Å². The number of amides is 2. The minimum atomic E-state index is -4.94. The van der Waals surface area contributed by atoms with Gasteiger partial charge in [-0.1, -0.05) is 35.3 Å². The predicted octanol–water partition coefficient (Wildman–Crippen LogP) is 6.04. The van der Waals surface area contributed by atoms with Gasteiger partial charge in [-0.2, -0.15) is 13.2 Å². The number of aryl methyl sites for hydroxylation is 1. The number of anilines is 1. The molecule has 1 saturated heterocycles. The van der Waals surface area contributed by atoms with Crippen LogP contribution in [0, 0.1) is 6.92 Å². The van der Waals surface area contributed by atoms with Gasteiger partial charge in [0.1, 0.15) is 0 Å². The largest absolute Gasteiger partial charge is 0.434 e. The van der Waals surface area contributed by atoms with Gasteiger partial charge < -0.3 is 10.1 Å². The number of rotatable bonds is 5. The summed E-state index contributed by atoms with van der Waals surface area (Å²) in [6, 6.07) is 13.0. The van der Waals surface area contributed by atoms with Gasteiger partial charge in [-0.15, -0.1) is 0 Å². The number of halogens is 5. The molecule has 4 rings (SSSR count). The number of carbonyl (C=O) groups is 2. The highest BCUT2D eigenvalue weighted by Crippen LogP contribution is 2.48. The molecule has 35 heavy (non-hydrogen) atoms. The van der Waals surface area contributed by atoms with E-state index in [1.54, 1.807) is 31.3 Å². The van der Waals surface area contributed by atoms with Crippen LogP contribution in [0.25, 0.3) is 0 Å². The topological polar surface area (TPSA) is 71.5 Å². The van der Waals surface area contributed by atoms with E-state index in [4.69, 9.17) is 27.9 Å². The molecule has 0 spiro atoms. The molecule has 1 aliphatic heterocycles. The Morgan fingerprint density at radius 3 is 2.54 bits per heavy atom. The molecule has 1 fully saturated rings. The standard InChI is InChI=1S/C24H18Cl2F3N3O3/c1-14-10-17(6-7-18(14)21(33)31-12-16-4-2-3-9-30-16)32-13-23(24(27,28)29,35-22(32)34)15-5-8-19(25)20(26)11-15/h2-11H,12-13H2,1H3,(H,31,33). The van der Waals surface area contributed by atoms with Crippen LogP contribution in [0.4, 0.5) is 23.7 Å². The van der Waals surface area contributed by atoms with Crippen LogP contribution in [-0.4, -0.2) is 29.7 Å². The summed E-state index contributed by atoms with van der Waals surface area (Å²) in [4.78, 5) is 30.2. The van der Waals surface area contributed by atoms with Crippen molar-refractivity contribution in [3.63, 3.8) is 0 Å². The smallest absolute Gasteiger partial charge is 0.426 e. The number of aromatic nitrogens is 1. The van der Waals surface area contributed by atoms with Crippen LogP contribution in [0.5, 0.6) is 0 Å². The summed E-state index contributed by atoms with van der Waals surface area (Å²) in [5.41, 5.74) is -1.69. The second kappa shape index (κ2) is 9.39. The van der Waals surface area contributed by atoms with Gasteiger partial charge in [0.2, 0.25) is 0 Å². The first-order valence-electron chi connectivity index (χ1n) is 10.3. The number of cyclic esters (lactones) is 1. The van der Waals surface area contributed by atoms with Crippen molar-refractivity contribution in [1.82, 2.24) is 10.3 Å². The molecule has 1 N–H and O–H groups in total. The highest BCUT2D eigenvalue weighted by atomic mass is 35.5. The van der Waals surface area contributed by atoms with E-state index in [-0.39, 0.29) is 33.7 Å². The van der Waals surface area contributed by atoms with E-state index in [0.717, 1.165) is 17.0 Å². The molecule has 1 aromatic heterocycles. The summed E-state index contributed by atoms with van der Waals surface area (Å²) in [5, 5.41) is 2.71. The lowest BCUT2D eigenvalue weighted by Gasteiger charge is -2.30. The molecule has 0 saturated carbocycles. The molecule has 0 aliphatic carbocycles. The fraction of sp³-hybridized carbons (Fsp3) is 0.208. The van der Waals surface area contributed by atoms with Gasteiger partial charge in [-0.05, 0) is 55.0 Å². The van der Waals surface area contributed by atoms with Crippen LogP contribution < -0.4 is 10.2 Å². The van der Waals surface area contributed by atoms with E-state index in [1.165, 1.54) is 24.3 Å². The van der Waals surface area contributed by atoms with Crippen molar-refractivity contribution in [2.45, 2.75) is 25.2 Å². The number of nitrogens with one attached hydrogen (secondary N) is 1. The van der Waals surface area contributed by atoms with E-state index in [2.05, 4.69) is 10.3 Å². The zero-order chi connectivity index (χ0) is 25.4. The van der Waals surface area contributed by atoms with Crippen molar-refractivity contribution >= 4 is 40.9 Å². The average Bonchev–Trinajstić information content (AvgIpc) is 3.18. The SMILES string of the molecule is Cc1cc(N2CC(c3ccc(Cl)c(Cl)c3)(C(F)(F)F)OC2=O)ccc1C(=O)NCc1ccccn1. The molecule has 2 aromatic carbocycles. The Morgan fingerprint density at radius 1 is 1.14 bits per heavy atom. The molecule has 11 heteroatoms. The van der Waals surface area contributed by atoms with Crippen LogP contribution in [-0.2, 0) is 16.9 Å². The number of alkyl halides is 3. The van der Waals surface area contributed by atoms with Crippen LogP contribution in [0.15, 0.2) is 60.8 Å². The average molecular weight is 524 g/mol. The molecule has 2 heterocycles. The van der Waals surface area contributed by atoms with E-state index < -0.39 is 24.4 Å². The molecule has 1 aliphatic rings. The molecule has 0 bridgehead atoms. The lowest BCUT2D eigenvalue weighted by atomic mass is 9.92. The lowest BCUT2D eigenvalue weighted by Crippen LogP contribution is -2.46. The number of ether oxygens (including phenoxy) is 1.